The van der Waals surface area contributed by atoms with E-state index in [4.69, 9.17) is 5.84 Å². The minimum absolute atomic E-state index is 0.179. The van der Waals surface area contributed by atoms with Crippen molar-refractivity contribution in [2.24, 2.45) is 0 Å². The van der Waals surface area contributed by atoms with Gasteiger partial charge in [0.05, 0.1) is 5.52 Å². The van der Waals surface area contributed by atoms with Crippen LogP contribution in [0.1, 0.15) is 5.56 Å². The number of rotatable bonds is 0. The number of aromatic nitrogens is 1. The highest BCUT2D eigenvalue weighted by Gasteiger charge is 2.01. The smallest absolute Gasteiger partial charge is 0.269 e. The van der Waals surface area contributed by atoms with Gasteiger partial charge in [0.15, 0.2) is 0 Å². The van der Waals surface area contributed by atoms with Crippen molar-refractivity contribution >= 4 is 10.9 Å². The molecule has 0 aliphatic carbocycles. The van der Waals surface area contributed by atoms with E-state index in [1.54, 1.807) is 6.07 Å². The Morgan fingerprint density at radius 2 is 2.00 bits per heavy atom. The number of aryl methyl sites for hydroxylation is 1. The zero-order chi connectivity index (χ0) is 9.42. The molecule has 13 heavy (non-hydrogen) atoms. The van der Waals surface area contributed by atoms with Gasteiger partial charge >= 0.3 is 0 Å². The van der Waals surface area contributed by atoms with Crippen LogP contribution in [0.5, 0.6) is 0 Å². The fraction of sp³-hybridized carbons (Fsp3) is 0.100. The van der Waals surface area contributed by atoms with Crippen molar-refractivity contribution in [2.45, 2.75) is 6.92 Å². The fourth-order valence-electron chi connectivity index (χ4n) is 1.50. The van der Waals surface area contributed by atoms with Crippen molar-refractivity contribution in [3.8, 4) is 0 Å². The highest BCUT2D eigenvalue weighted by molar-refractivity contribution is 5.81. The SMILES string of the molecule is Cc1cccc2ccc(=O)n(N)c12. The first-order chi connectivity index (χ1) is 6.20. The molecule has 0 aliphatic heterocycles. The monoisotopic (exact) mass is 174 g/mol. The summed E-state index contributed by atoms with van der Waals surface area (Å²) in [7, 11) is 0. The first kappa shape index (κ1) is 7.86. The second-order valence-corrected chi connectivity index (χ2v) is 3.05. The molecule has 3 nitrogen and oxygen atoms in total. The van der Waals surface area contributed by atoms with E-state index in [0.717, 1.165) is 16.5 Å². The van der Waals surface area contributed by atoms with Crippen LogP contribution in [-0.2, 0) is 0 Å². The third-order valence-electron chi connectivity index (χ3n) is 2.15. The quantitative estimate of drug-likeness (QED) is 0.606. The number of pyridine rings is 1. The van der Waals surface area contributed by atoms with Crippen molar-refractivity contribution in [3.63, 3.8) is 0 Å². The van der Waals surface area contributed by atoms with E-state index in [0.29, 0.717) is 0 Å². The molecular formula is C10H10N2O. The summed E-state index contributed by atoms with van der Waals surface area (Å²) in [5.74, 6) is 5.62. The predicted molar refractivity (Wildman–Crippen MR) is 53.1 cm³/mol. The van der Waals surface area contributed by atoms with Gasteiger partial charge in [-0.15, -0.1) is 0 Å². The van der Waals surface area contributed by atoms with Gasteiger partial charge in [-0.1, -0.05) is 18.2 Å². The lowest BCUT2D eigenvalue weighted by Crippen LogP contribution is -2.26. The van der Waals surface area contributed by atoms with E-state index in [1.165, 1.54) is 10.7 Å². The van der Waals surface area contributed by atoms with Gasteiger partial charge in [-0.05, 0) is 18.6 Å². The molecule has 0 fully saturated rings. The maximum Gasteiger partial charge on any atom is 0.269 e. The van der Waals surface area contributed by atoms with E-state index in [2.05, 4.69) is 0 Å². The van der Waals surface area contributed by atoms with Gasteiger partial charge in [-0.2, -0.15) is 0 Å². The van der Waals surface area contributed by atoms with Gasteiger partial charge in [0.1, 0.15) is 0 Å². The van der Waals surface area contributed by atoms with Crippen LogP contribution in [0.15, 0.2) is 35.1 Å². The summed E-state index contributed by atoms with van der Waals surface area (Å²) < 4.78 is 1.19. The van der Waals surface area contributed by atoms with Gasteiger partial charge < -0.3 is 5.84 Å². The number of benzene rings is 1. The maximum absolute atomic E-state index is 11.2. The molecule has 0 amide bonds. The molecule has 0 spiro atoms. The topological polar surface area (TPSA) is 48.0 Å². The minimum atomic E-state index is -0.179. The molecule has 1 aromatic heterocycles. The zero-order valence-electron chi connectivity index (χ0n) is 7.32. The standard InChI is InChI=1S/C10H10N2O/c1-7-3-2-4-8-5-6-9(13)12(11)10(7)8/h2-6H,11H2,1H3. The Bertz CT molecular complexity index is 514. The number of hydrogen-bond acceptors (Lipinski definition) is 2. The normalized spacial score (nSPS) is 10.5. The first-order valence-electron chi connectivity index (χ1n) is 4.06. The van der Waals surface area contributed by atoms with Crippen LogP contribution in [0, 0.1) is 6.92 Å². The number of para-hydroxylation sites is 1. The fourth-order valence-corrected chi connectivity index (χ4v) is 1.50. The number of hydrogen-bond donors (Lipinski definition) is 1. The lowest BCUT2D eigenvalue weighted by molar-refractivity contribution is 0.983. The van der Waals surface area contributed by atoms with E-state index < -0.39 is 0 Å². The summed E-state index contributed by atoms with van der Waals surface area (Å²) in [5.41, 5.74) is 1.63. The van der Waals surface area contributed by atoms with E-state index >= 15 is 0 Å². The largest absolute Gasteiger partial charge is 0.336 e. The molecule has 3 heteroatoms. The lowest BCUT2D eigenvalue weighted by atomic mass is 10.1. The second kappa shape index (κ2) is 2.62. The minimum Gasteiger partial charge on any atom is -0.336 e. The van der Waals surface area contributed by atoms with Crippen molar-refractivity contribution in [3.05, 3.63) is 46.2 Å². The molecule has 2 aromatic rings. The van der Waals surface area contributed by atoms with Gasteiger partial charge in [-0.25, -0.2) is 4.68 Å². The molecular weight excluding hydrogens is 164 g/mol. The molecule has 1 heterocycles. The highest BCUT2D eigenvalue weighted by Crippen LogP contribution is 2.13. The van der Waals surface area contributed by atoms with Crippen LogP contribution >= 0.6 is 0 Å². The Morgan fingerprint density at radius 3 is 2.77 bits per heavy atom. The molecule has 0 saturated carbocycles. The number of nitrogen functional groups attached to an aromatic ring is 1. The molecule has 0 aliphatic rings. The number of nitrogens with zero attached hydrogens (tertiary/aromatic N) is 1. The molecule has 0 atom stereocenters. The zero-order valence-corrected chi connectivity index (χ0v) is 7.32. The van der Waals surface area contributed by atoms with Crippen LogP contribution in [0.2, 0.25) is 0 Å². The third kappa shape index (κ3) is 1.09. The third-order valence-corrected chi connectivity index (χ3v) is 2.15. The van der Waals surface area contributed by atoms with Crippen molar-refractivity contribution < 1.29 is 0 Å². The summed E-state index contributed by atoms with van der Waals surface area (Å²) in [6, 6.07) is 9.08. The molecule has 0 bridgehead atoms. The average Bonchev–Trinajstić information content (AvgIpc) is 2.12. The Labute approximate surface area is 75.4 Å². The Kier molecular flexibility index (Phi) is 1.59. The van der Waals surface area contributed by atoms with Crippen molar-refractivity contribution in [1.82, 2.24) is 4.68 Å². The van der Waals surface area contributed by atoms with Crippen LogP contribution in [0.3, 0.4) is 0 Å². The molecule has 0 saturated heterocycles. The van der Waals surface area contributed by atoms with Crippen LogP contribution in [0.25, 0.3) is 10.9 Å². The Morgan fingerprint density at radius 1 is 1.23 bits per heavy atom. The highest BCUT2D eigenvalue weighted by atomic mass is 16.1. The van der Waals surface area contributed by atoms with Crippen molar-refractivity contribution in [2.75, 3.05) is 5.84 Å². The van der Waals surface area contributed by atoms with Crippen LogP contribution in [-0.4, -0.2) is 4.68 Å². The molecule has 0 radical (unpaired) electrons. The Hall–Kier alpha value is -1.77. The van der Waals surface area contributed by atoms with Crippen LogP contribution in [0.4, 0.5) is 0 Å². The summed E-state index contributed by atoms with van der Waals surface area (Å²) in [4.78, 5) is 11.2. The molecule has 66 valence electrons. The summed E-state index contributed by atoms with van der Waals surface area (Å²) in [5, 5.41) is 0.988. The number of fused-ring (bicyclic) bond motifs is 1. The summed E-state index contributed by atoms with van der Waals surface area (Å²) >= 11 is 0. The molecule has 2 rings (SSSR count). The molecule has 1 aromatic carbocycles. The van der Waals surface area contributed by atoms with Gasteiger partial charge in [-0.3, -0.25) is 4.79 Å². The summed E-state index contributed by atoms with van der Waals surface area (Å²) in [6.45, 7) is 1.94. The van der Waals surface area contributed by atoms with Crippen molar-refractivity contribution in [1.29, 1.82) is 0 Å². The molecule has 2 N–H and O–H groups in total. The van der Waals surface area contributed by atoms with Gasteiger partial charge in [0.2, 0.25) is 0 Å². The first-order valence-corrected chi connectivity index (χ1v) is 4.06. The van der Waals surface area contributed by atoms with Crippen LogP contribution < -0.4 is 11.4 Å². The van der Waals surface area contributed by atoms with Gasteiger partial charge in [0, 0.05) is 11.5 Å². The predicted octanol–water partition coefficient (Wildman–Crippen LogP) is 1.02. The van der Waals surface area contributed by atoms with E-state index in [-0.39, 0.29) is 5.56 Å². The lowest BCUT2D eigenvalue weighted by Gasteiger charge is -2.05. The van der Waals surface area contributed by atoms with E-state index in [1.807, 2.05) is 25.1 Å². The Balaban J connectivity index is 3.05. The maximum atomic E-state index is 11.2. The summed E-state index contributed by atoms with van der Waals surface area (Å²) in [6.07, 6.45) is 0. The molecule has 0 unspecified atom stereocenters. The second-order valence-electron chi connectivity index (χ2n) is 3.05. The average molecular weight is 174 g/mol. The van der Waals surface area contributed by atoms with Gasteiger partial charge in [0.25, 0.3) is 5.56 Å². The number of nitrogens with two attached hydrogens (primary N) is 1. The van der Waals surface area contributed by atoms with E-state index in [9.17, 15) is 4.79 Å².